The summed E-state index contributed by atoms with van der Waals surface area (Å²) in [6.07, 6.45) is 0. The minimum atomic E-state index is -0.501. The number of carbonyl (C=O) groups is 2. The van der Waals surface area contributed by atoms with Crippen LogP contribution in [0.15, 0.2) is 66.7 Å². The Morgan fingerprint density at radius 2 is 1.68 bits per heavy atom. The fraction of sp³-hybridized carbons (Fsp3) is 0.0909. The van der Waals surface area contributed by atoms with Gasteiger partial charge < -0.3 is 15.4 Å². The first-order valence-corrected chi connectivity index (χ1v) is 8.60. The van der Waals surface area contributed by atoms with Gasteiger partial charge in [-0.3, -0.25) is 9.59 Å². The Morgan fingerprint density at radius 1 is 0.893 bits per heavy atom. The Morgan fingerprint density at radius 3 is 2.39 bits per heavy atom. The lowest BCUT2D eigenvalue weighted by atomic mass is 10.1. The SMILES string of the molecule is COc1ccc(NC(=O)c2ccccc2C)cc1NC(=O)c1cccc(F)c1. The lowest BCUT2D eigenvalue weighted by Gasteiger charge is -2.13. The van der Waals surface area contributed by atoms with Gasteiger partial charge in [-0.2, -0.15) is 0 Å². The van der Waals surface area contributed by atoms with Crippen LogP contribution in [-0.4, -0.2) is 18.9 Å². The maximum atomic E-state index is 13.4. The maximum Gasteiger partial charge on any atom is 0.255 e. The number of hydrogen-bond donors (Lipinski definition) is 2. The lowest BCUT2D eigenvalue weighted by Crippen LogP contribution is -2.15. The summed E-state index contributed by atoms with van der Waals surface area (Å²) < 4.78 is 18.6. The third kappa shape index (κ3) is 4.35. The Labute approximate surface area is 162 Å². The van der Waals surface area contributed by atoms with Crippen LogP contribution in [0, 0.1) is 12.7 Å². The molecule has 0 aromatic heterocycles. The summed E-state index contributed by atoms with van der Waals surface area (Å²) >= 11 is 0. The molecule has 2 amide bonds. The minimum Gasteiger partial charge on any atom is -0.495 e. The van der Waals surface area contributed by atoms with Crippen LogP contribution < -0.4 is 15.4 Å². The average Bonchev–Trinajstić information content (AvgIpc) is 2.68. The number of aryl methyl sites for hydroxylation is 1. The second-order valence-electron chi connectivity index (χ2n) is 6.15. The van der Waals surface area contributed by atoms with E-state index in [0.717, 1.165) is 11.6 Å². The van der Waals surface area contributed by atoms with Crippen molar-refractivity contribution in [3.63, 3.8) is 0 Å². The normalized spacial score (nSPS) is 10.2. The maximum absolute atomic E-state index is 13.4. The molecular formula is C22H19FN2O3. The monoisotopic (exact) mass is 378 g/mol. The Balaban J connectivity index is 1.83. The van der Waals surface area contributed by atoms with E-state index in [9.17, 15) is 14.0 Å². The zero-order chi connectivity index (χ0) is 20.1. The predicted molar refractivity (Wildman–Crippen MR) is 106 cm³/mol. The molecule has 0 atom stereocenters. The van der Waals surface area contributed by atoms with Crippen molar-refractivity contribution in [1.82, 2.24) is 0 Å². The molecule has 0 aliphatic rings. The Kier molecular flexibility index (Phi) is 5.69. The largest absolute Gasteiger partial charge is 0.495 e. The van der Waals surface area contributed by atoms with E-state index in [1.54, 1.807) is 30.3 Å². The van der Waals surface area contributed by atoms with E-state index in [-0.39, 0.29) is 11.5 Å². The van der Waals surface area contributed by atoms with E-state index in [2.05, 4.69) is 10.6 Å². The van der Waals surface area contributed by atoms with Gasteiger partial charge in [-0.15, -0.1) is 0 Å². The van der Waals surface area contributed by atoms with Gasteiger partial charge in [0.15, 0.2) is 0 Å². The van der Waals surface area contributed by atoms with Crippen molar-refractivity contribution >= 4 is 23.2 Å². The summed E-state index contributed by atoms with van der Waals surface area (Å²) in [6, 6.07) is 17.5. The second kappa shape index (κ2) is 8.35. The molecule has 142 valence electrons. The number of ether oxygens (including phenoxy) is 1. The minimum absolute atomic E-state index is 0.177. The van der Waals surface area contributed by atoms with Gasteiger partial charge in [0, 0.05) is 16.8 Å². The molecule has 0 bridgehead atoms. The summed E-state index contributed by atoms with van der Waals surface area (Å²) in [5, 5.41) is 5.49. The number of benzene rings is 3. The summed E-state index contributed by atoms with van der Waals surface area (Å²) in [7, 11) is 1.47. The van der Waals surface area contributed by atoms with E-state index in [4.69, 9.17) is 4.74 Å². The fourth-order valence-corrected chi connectivity index (χ4v) is 2.73. The van der Waals surface area contributed by atoms with Crippen LogP contribution in [0.2, 0.25) is 0 Å². The van der Waals surface area contributed by atoms with Gasteiger partial charge >= 0.3 is 0 Å². The smallest absolute Gasteiger partial charge is 0.255 e. The number of rotatable bonds is 5. The number of nitrogens with one attached hydrogen (secondary N) is 2. The number of anilines is 2. The molecule has 0 fully saturated rings. The van der Waals surface area contributed by atoms with Gasteiger partial charge in [0.25, 0.3) is 11.8 Å². The molecular weight excluding hydrogens is 359 g/mol. The lowest BCUT2D eigenvalue weighted by molar-refractivity contribution is 0.101. The predicted octanol–water partition coefficient (Wildman–Crippen LogP) is 4.65. The number of halogens is 1. The molecule has 3 rings (SSSR count). The molecule has 0 saturated heterocycles. The van der Waals surface area contributed by atoms with Crippen LogP contribution in [-0.2, 0) is 0 Å². The molecule has 5 nitrogen and oxygen atoms in total. The van der Waals surface area contributed by atoms with Crippen molar-refractivity contribution in [3.8, 4) is 5.75 Å². The van der Waals surface area contributed by atoms with Crippen LogP contribution in [0.1, 0.15) is 26.3 Å². The third-order valence-electron chi connectivity index (χ3n) is 4.18. The molecule has 0 aliphatic heterocycles. The Bertz CT molecular complexity index is 1030. The summed E-state index contributed by atoms with van der Waals surface area (Å²) in [5.74, 6) is -0.830. The number of methoxy groups -OCH3 is 1. The van der Waals surface area contributed by atoms with Gasteiger partial charge in [-0.05, 0) is 55.0 Å². The van der Waals surface area contributed by atoms with E-state index < -0.39 is 11.7 Å². The topological polar surface area (TPSA) is 67.4 Å². The van der Waals surface area contributed by atoms with Crippen molar-refractivity contribution in [1.29, 1.82) is 0 Å². The first-order chi connectivity index (χ1) is 13.5. The third-order valence-corrected chi connectivity index (χ3v) is 4.18. The van der Waals surface area contributed by atoms with E-state index in [1.807, 2.05) is 19.1 Å². The van der Waals surface area contributed by atoms with Crippen LogP contribution in [0.25, 0.3) is 0 Å². The number of carbonyl (C=O) groups excluding carboxylic acids is 2. The van der Waals surface area contributed by atoms with Crippen molar-refractivity contribution in [3.05, 3.63) is 89.2 Å². The van der Waals surface area contributed by atoms with Crippen LogP contribution in [0.4, 0.5) is 15.8 Å². The molecule has 3 aromatic carbocycles. The van der Waals surface area contributed by atoms with Gasteiger partial charge in [0.2, 0.25) is 0 Å². The van der Waals surface area contributed by atoms with Gasteiger partial charge in [-0.25, -0.2) is 4.39 Å². The van der Waals surface area contributed by atoms with Gasteiger partial charge in [-0.1, -0.05) is 24.3 Å². The van der Waals surface area contributed by atoms with Crippen molar-refractivity contribution in [2.24, 2.45) is 0 Å². The highest BCUT2D eigenvalue weighted by molar-refractivity contribution is 6.07. The van der Waals surface area contributed by atoms with Crippen molar-refractivity contribution in [2.75, 3.05) is 17.7 Å². The average molecular weight is 378 g/mol. The molecule has 0 aliphatic carbocycles. The molecule has 6 heteroatoms. The number of amides is 2. The van der Waals surface area contributed by atoms with Crippen LogP contribution in [0.5, 0.6) is 5.75 Å². The van der Waals surface area contributed by atoms with Crippen molar-refractivity contribution in [2.45, 2.75) is 6.92 Å². The molecule has 0 spiro atoms. The fourth-order valence-electron chi connectivity index (χ4n) is 2.73. The highest BCUT2D eigenvalue weighted by Gasteiger charge is 2.13. The first-order valence-electron chi connectivity index (χ1n) is 8.60. The molecule has 0 heterocycles. The summed E-state index contributed by atoms with van der Waals surface area (Å²) in [4.78, 5) is 24.9. The van der Waals surface area contributed by atoms with Gasteiger partial charge in [0.05, 0.1) is 12.8 Å². The molecule has 2 N–H and O–H groups in total. The Hall–Kier alpha value is -3.67. The molecule has 3 aromatic rings. The van der Waals surface area contributed by atoms with Crippen molar-refractivity contribution < 1.29 is 18.7 Å². The van der Waals surface area contributed by atoms with Crippen LogP contribution >= 0.6 is 0 Å². The zero-order valence-corrected chi connectivity index (χ0v) is 15.5. The second-order valence-corrected chi connectivity index (χ2v) is 6.15. The van der Waals surface area contributed by atoms with E-state index in [1.165, 1.54) is 25.3 Å². The highest BCUT2D eigenvalue weighted by atomic mass is 19.1. The van der Waals surface area contributed by atoms with E-state index in [0.29, 0.717) is 22.7 Å². The summed E-state index contributed by atoms with van der Waals surface area (Å²) in [5.41, 5.74) is 2.44. The van der Waals surface area contributed by atoms with Crippen LogP contribution in [0.3, 0.4) is 0 Å². The first kappa shape index (κ1) is 19.1. The zero-order valence-electron chi connectivity index (χ0n) is 15.5. The molecule has 0 radical (unpaired) electrons. The molecule has 0 unspecified atom stereocenters. The number of hydrogen-bond acceptors (Lipinski definition) is 3. The summed E-state index contributed by atoms with van der Waals surface area (Å²) in [6.45, 7) is 1.85. The van der Waals surface area contributed by atoms with E-state index >= 15 is 0 Å². The standard InChI is InChI=1S/C22H19FN2O3/c1-14-6-3-4-9-18(14)22(27)24-17-10-11-20(28-2)19(13-17)25-21(26)15-7-5-8-16(23)12-15/h3-13H,1-2H3,(H,24,27)(H,25,26). The van der Waals surface area contributed by atoms with Gasteiger partial charge in [0.1, 0.15) is 11.6 Å². The molecule has 0 saturated carbocycles. The molecule has 28 heavy (non-hydrogen) atoms. The quantitative estimate of drug-likeness (QED) is 0.679. The highest BCUT2D eigenvalue weighted by Crippen LogP contribution is 2.29.